The molecular weight excluding hydrogens is 349 g/mol. The van der Waals surface area contributed by atoms with E-state index in [-0.39, 0.29) is 30.4 Å². The third-order valence-electron chi connectivity index (χ3n) is 3.17. The summed E-state index contributed by atoms with van der Waals surface area (Å²) in [7, 11) is 1.82. The van der Waals surface area contributed by atoms with Gasteiger partial charge >= 0.3 is 0 Å². The maximum atomic E-state index is 11.9. The number of halogens is 2. The van der Waals surface area contributed by atoms with Gasteiger partial charge in [-0.25, -0.2) is 0 Å². The van der Waals surface area contributed by atoms with E-state index in [4.69, 9.17) is 23.2 Å². The second-order valence-corrected chi connectivity index (χ2v) is 7.79. The number of hydrogen-bond donors (Lipinski definition) is 3. The van der Waals surface area contributed by atoms with Crippen molar-refractivity contribution in [2.75, 3.05) is 26.7 Å². The molecule has 0 aliphatic rings. The van der Waals surface area contributed by atoms with Crippen molar-refractivity contribution >= 4 is 35.0 Å². The molecule has 0 heterocycles. The van der Waals surface area contributed by atoms with Gasteiger partial charge in [0.1, 0.15) is 0 Å². The monoisotopic (exact) mass is 374 g/mol. The van der Waals surface area contributed by atoms with Crippen molar-refractivity contribution in [2.24, 2.45) is 0 Å². The highest BCUT2D eigenvalue weighted by Gasteiger charge is 2.18. The zero-order valence-corrected chi connectivity index (χ0v) is 16.1. The van der Waals surface area contributed by atoms with Gasteiger partial charge in [0.05, 0.1) is 7.05 Å². The molecule has 0 radical (unpaired) electrons. The van der Waals surface area contributed by atoms with Gasteiger partial charge in [0.2, 0.25) is 0 Å². The molecule has 1 unspecified atom stereocenters. The van der Waals surface area contributed by atoms with Gasteiger partial charge in [-0.2, -0.15) is 0 Å². The molecule has 5 nitrogen and oxygen atoms in total. The Morgan fingerprint density at radius 2 is 1.75 bits per heavy atom. The second-order valence-electron chi connectivity index (χ2n) is 6.94. The van der Waals surface area contributed by atoms with Gasteiger partial charge in [-0.1, -0.05) is 29.3 Å². The largest absolute Gasteiger partial charge is 0.351 e. The van der Waals surface area contributed by atoms with Crippen LogP contribution in [-0.4, -0.2) is 44.0 Å². The Morgan fingerprint density at radius 3 is 2.33 bits per heavy atom. The molecule has 1 atom stereocenters. The van der Waals surface area contributed by atoms with Gasteiger partial charge in [0, 0.05) is 22.1 Å². The fraction of sp³-hybridized carbons (Fsp3) is 0.529. The summed E-state index contributed by atoms with van der Waals surface area (Å²) in [5.74, 6) is -0.165. The topological polar surface area (TPSA) is 62.6 Å². The van der Waals surface area contributed by atoms with E-state index in [1.807, 2.05) is 33.9 Å². The smallest absolute Gasteiger partial charge is 0.275 e. The first kappa shape index (κ1) is 20.7. The van der Waals surface area contributed by atoms with Gasteiger partial charge in [-0.15, -0.1) is 0 Å². The molecule has 1 rings (SSSR count). The number of likely N-dealkylation sites (N-methyl/N-ethyl adjacent to an activating group) is 1. The number of rotatable bonds is 7. The highest BCUT2D eigenvalue weighted by Crippen LogP contribution is 2.20. The molecule has 0 saturated heterocycles. The van der Waals surface area contributed by atoms with Crippen molar-refractivity contribution in [3.63, 3.8) is 0 Å². The predicted octanol–water partition coefficient (Wildman–Crippen LogP) is 1.08. The van der Waals surface area contributed by atoms with Gasteiger partial charge in [0.25, 0.3) is 11.8 Å². The molecule has 134 valence electrons. The third-order valence-corrected chi connectivity index (χ3v) is 3.76. The minimum absolute atomic E-state index is 0.0688. The van der Waals surface area contributed by atoms with E-state index >= 15 is 0 Å². The molecule has 0 aromatic heterocycles. The van der Waals surface area contributed by atoms with Crippen molar-refractivity contribution in [3.8, 4) is 0 Å². The third kappa shape index (κ3) is 8.52. The van der Waals surface area contributed by atoms with Gasteiger partial charge < -0.3 is 15.5 Å². The van der Waals surface area contributed by atoms with E-state index in [0.717, 1.165) is 10.5 Å². The average molecular weight is 375 g/mol. The molecule has 0 spiro atoms. The van der Waals surface area contributed by atoms with Crippen LogP contribution in [0.2, 0.25) is 10.0 Å². The van der Waals surface area contributed by atoms with Crippen molar-refractivity contribution in [2.45, 2.75) is 32.7 Å². The first-order valence-electron chi connectivity index (χ1n) is 7.90. The summed E-state index contributed by atoms with van der Waals surface area (Å²) in [4.78, 5) is 24.6. The van der Waals surface area contributed by atoms with Crippen molar-refractivity contribution in [1.82, 2.24) is 10.6 Å². The van der Waals surface area contributed by atoms with Gasteiger partial charge in [0.15, 0.2) is 13.1 Å². The Morgan fingerprint density at radius 1 is 1.12 bits per heavy atom. The Balaban J connectivity index is 2.31. The molecule has 2 amide bonds. The van der Waals surface area contributed by atoms with E-state index in [2.05, 4.69) is 10.6 Å². The first-order chi connectivity index (χ1) is 11.1. The molecule has 1 aromatic carbocycles. The summed E-state index contributed by atoms with van der Waals surface area (Å²) in [6, 6.07) is 5.31. The van der Waals surface area contributed by atoms with Crippen LogP contribution < -0.4 is 15.5 Å². The second kappa shape index (κ2) is 9.25. The molecule has 0 bridgehead atoms. The van der Waals surface area contributed by atoms with Crippen LogP contribution in [0.15, 0.2) is 18.2 Å². The Hall–Kier alpha value is -1.30. The standard InChI is InChI=1S/C17H25Cl2N3O2/c1-17(2,3)21-16(24)11-22(4)10-15(23)20-8-7-12-5-6-13(18)9-14(12)19/h5-6,9H,7-8,10-11H2,1-4H3,(H,20,23)(H,21,24)/p+1. The van der Waals surface area contributed by atoms with Crippen LogP contribution in [0.3, 0.4) is 0 Å². The lowest BCUT2D eigenvalue weighted by atomic mass is 10.1. The summed E-state index contributed by atoms with van der Waals surface area (Å²) >= 11 is 11.9. The minimum atomic E-state index is -0.266. The molecule has 3 N–H and O–H groups in total. The fourth-order valence-corrected chi connectivity index (χ4v) is 2.70. The van der Waals surface area contributed by atoms with E-state index < -0.39 is 0 Å². The fourth-order valence-electron chi connectivity index (χ4n) is 2.20. The van der Waals surface area contributed by atoms with E-state index in [0.29, 0.717) is 23.0 Å². The van der Waals surface area contributed by atoms with Crippen LogP contribution in [0.25, 0.3) is 0 Å². The van der Waals surface area contributed by atoms with E-state index in [1.54, 1.807) is 12.1 Å². The molecule has 7 heteroatoms. The van der Waals surface area contributed by atoms with Crippen LogP contribution in [-0.2, 0) is 16.0 Å². The molecule has 0 aliphatic carbocycles. The Kier molecular flexibility index (Phi) is 8.00. The number of quaternary nitrogens is 1. The summed E-state index contributed by atoms with van der Waals surface area (Å²) in [6.07, 6.45) is 0.630. The Bertz CT molecular complexity index is 586. The molecule has 0 fully saturated rings. The van der Waals surface area contributed by atoms with Crippen molar-refractivity contribution in [1.29, 1.82) is 0 Å². The zero-order chi connectivity index (χ0) is 18.3. The lowest BCUT2D eigenvalue weighted by Gasteiger charge is -2.21. The maximum Gasteiger partial charge on any atom is 0.275 e. The summed E-state index contributed by atoms with van der Waals surface area (Å²) in [5, 5.41) is 6.91. The predicted molar refractivity (Wildman–Crippen MR) is 97.7 cm³/mol. The average Bonchev–Trinajstić information content (AvgIpc) is 2.38. The van der Waals surface area contributed by atoms with Crippen LogP contribution in [0.4, 0.5) is 0 Å². The summed E-state index contributed by atoms with van der Waals surface area (Å²) < 4.78 is 0. The molecule has 0 saturated carbocycles. The highest BCUT2D eigenvalue weighted by molar-refractivity contribution is 6.35. The van der Waals surface area contributed by atoms with Crippen LogP contribution in [0.5, 0.6) is 0 Å². The number of carbonyl (C=O) groups is 2. The normalized spacial score (nSPS) is 12.6. The SMILES string of the molecule is C[NH+](CC(=O)NCCc1ccc(Cl)cc1Cl)CC(=O)NC(C)(C)C. The van der Waals surface area contributed by atoms with E-state index in [1.165, 1.54) is 0 Å². The molecular formula is C17H26Cl2N3O2+. The number of hydrogen-bond acceptors (Lipinski definition) is 2. The maximum absolute atomic E-state index is 11.9. The quantitative estimate of drug-likeness (QED) is 0.668. The number of nitrogens with one attached hydrogen (secondary N) is 3. The summed E-state index contributed by atoms with van der Waals surface area (Å²) in [6.45, 7) is 6.76. The first-order valence-corrected chi connectivity index (χ1v) is 8.65. The van der Waals surface area contributed by atoms with Gasteiger partial charge in [-0.05, 0) is 44.9 Å². The number of amides is 2. The zero-order valence-electron chi connectivity index (χ0n) is 14.6. The van der Waals surface area contributed by atoms with Crippen LogP contribution in [0.1, 0.15) is 26.3 Å². The molecule has 0 aliphatic heterocycles. The minimum Gasteiger partial charge on any atom is -0.351 e. The van der Waals surface area contributed by atoms with Gasteiger partial charge in [-0.3, -0.25) is 9.59 Å². The Labute approximate surface area is 153 Å². The van der Waals surface area contributed by atoms with Crippen LogP contribution in [0, 0.1) is 0 Å². The lowest BCUT2D eigenvalue weighted by Crippen LogP contribution is -3.11. The molecule has 24 heavy (non-hydrogen) atoms. The lowest BCUT2D eigenvalue weighted by molar-refractivity contribution is -0.862. The number of benzene rings is 1. The van der Waals surface area contributed by atoms with Crippen molar-refractivity contribution in [3.05, 3.63) is 33.8 Å². The highest BCUT2D eigenvalue weighted by atomic mass is 35.5. The van der Waals surface area contributed by atoms with Crippen molar-refractivity contribution < 1.29 is 14.5 Å². The number of carbonyl (C=O) groups excluding carboxylic acids is 2. The molecule has 1 aromatic rings. The van der Waals surface area contributed by atoms with E-state index in [9.17, 15) is 9.59 Å². The van der Waals surface area contributed by atoms with Crippen LogP contribution >= 0.6 is 23.2 Å². The summed E-state index contributed by atoms with van der Waals surface area (Å²) in [5.41, 5.74) is 0.670.